The molecule has 1 aliphatic rings. The van der Waals surface area contributed by atoms with Crippen molar-refractivity contribution in [2.24, 2.45) is 0 Å². The van der Waals surface area contributed by atoms with Crippen molar-refractivity contribution >= 4 is 44.3 Å². The van der Waals surface area contributed by atoms with E-state index in [2.05, 4.69) is 4.74 Å². The molecular formula is C29H23FN2O6S. The van der Waals surface area contributed by atoms with E-state index in [1.165, 1.54) is 67.8 Å². The van der Waals surface area contributed by atoms with Gasteiger partial charge in [0.1, 0.15) is 11.9 Å². The Bertz CT molecular complexity index is 1690. The van der Waals surface area contributed by atoms with E-state index in [-0.39, 0.29) is 29.1 Å². The lowest BCUT2D eigenvalue weighted by atomic mass is 10.1. The van der Waals surface area contributed by atoms with Crippen LogP contribution < -0.4 is 4.90 Å². The summed E-state index contributed by atoms with van der Waals surface area (Å²) in [5.41, 5.74) is 0.876. The van der Waals surface area contributed by atoms with Crippen molar-refractivity contribution < 1.29 is 31.9 Å². The number of halogens is 1. The van der Waals surface area contributed by atoms with E-state index in [9.17, 15) is 27.2 Å². The summed E-state index contributed by atoms with van der Waals surface area (Å²) in [6.45, 7) is -0.256. The number of carbonyl (C=O) groups is 3. The predicted molar refractivity (Wildman–Crippen MR) is 142 cm³/mol. The van der Waals surface area contributed by atoms with Gasteiger partial charge < -0.3 is 4.74 Å². The van der Waals surface area contributed by atoms with Crippen molar-refractivity contribution in [1.82, 2.24) is 4.31 Å². The van der Waals surface area contributed by atoms with Crippen LogP contribution in [0.5, 0.6) is 0 Å². The first-order valence-electron chi connectivity index (χ1n) is 12.0. The van der Waals surface area contributed by atoms with Gasteiger partial charge in [0.05, 0.1) is 29.7 Å². The van der Waals surface area contributed by atoms with Crippen LogP contribution in [0.15, 0.2) is 95.9 Å². The van der Waals surface area contributed by atoms with Crippen molar-refractivity contribution in [2.45, 2.75) is 23.9 Å². The van der Waals surface area contributed by atoms with Crippen LogP contribution in [0, 0.1) is 5.82 Å². The number of esters is 1. The van der Waals surface area contributed by atoms with Crippen LogP contribution in [-0.4, -0.2) is 43.7 Å². The normalized spacial score (nSPS) is 15.8. The number of hydrogen-bond acceptors (Lipinski definition) is 6. The molecule has 2 amide bonds. The standard InChI is InChI=1S/C29H23FN2O6S/c1-38-29(35)21-8-13-24(14-9-21)32-27(33)17-26(28(32)34)31(18-19-6-11-23(30)12-7-19)39(36,37)25-15-10-20-4-2-3-5-22(20)16-25/h2-16,26H,17-18H2,1H3. The second-order valence-electron chi connectivity index (χ2n) is 9.01. The third-order valence-corrected chi connectivity index (χ3v) is 8.45. The smallest absolute Gasteiger partial charge is 0.337 e. The molecule has 5 rings (SSSR count). The van der Waals surface area contributed by atoms with Gasteiger partial charge in [-0.3, -0.25) is 9.59 Å². The van der Waals surface area contributed by atoms with Crippen LogP contribution in [0.3, 0.4) is 0 Å². The van der Waals surface area contributed by atoms with Gasteiger partial charge in [-0.1, -0.05) is 42.5 Å². The molecule has 1 unspecified atom stereocenters. The van der Waals surface area contributed by atoms with Gasteiger partial charge in [-0.25, -0.2) is 22.5 Å². The first kappa shape index (κ1) is 26.2. The molecule has 1 fully saturated rings. The van der Waals surface area contributed by atoms with Gasteiger partial charge in [-0.05, 0) is 64.9 Å². The van der Waals surface area contributed by atoms with Gasteiger partial charge >= 0.3 is 5.97 Å². The van der Waals surface area contributed by atoms with Crippen LogP contribution in [0.4, 0.5) is 10.1 Å². The van der Waals surface area contributed by atoms with Gasteiger partial charge in [0, 0.05) is 6.54 Å². The Kier molecular flexibility index (Phi) is 6.98. The molecular weight excluding hydrogens is 523 g/mol. The van der Waals surface area contributed by atoms with E-state index in [1.54, 1.807) is 18.2 Å². The maximum absolute atomic E-state index is 14.0. The number of nitrogens with zero attached hydrogens (tertiary/aromatic N) is 2. The number of benzene rings is 4. The summed E-state index contributed by atoms with van der Waals surface area (Å²) in [4.78, 5) is 39.3. The molecule has 0 spiro atoms. The molecule has 198 valence electrons. The summed E-state index contributed by atoms with van der Waals surface area (Å²) in [5, 5.41) is 1.54. The summed E-state index contributed by atoms with van der Waals surface area (Å²) >= 11 is 0. The third kappa shape index (κ3) is 5.04. The first-order chi connectivity index (χ1) is 18.7. The average Bonchev–Trinajstić information content (AvgIpc) is 3.24. The number of methoxy groups -OCH3 is 1. The molecule has 1 heterocycles. The zero-order valence-electron chi connectivity index (χ0n) is 20.8. The Morgan fingerprint density at radius 3 is 2.28 bits per heavy atom. The van der Waals surface area contributed by atoms with Crippen LogP contribution >= 0.6 is 0 Å². The van der Waals surface area contributed by atoms with Crippen molar-refractivity contribution in [1.29, 1.82) is 0 Å². The molecule has 0 bridgehead atoms. The number of amides is 2. The summed E-state index contributed by atoms with van der Waals surface area (Å²) in [6.07, 6.45) is -0.383. The van der Waals surface area contributed by atoms with Crippen LogP contribution in [0.2, 0.25) is 0 Å². The average molecular weight is 547 g/mol. The van der Waals surface area contributed by atoms with E-state index in [0.717, 1.165) is 14.6 Å². The highest BCUT2D eigenvalue weighted by molar-refractivity contribution is 7.89. The largest absolute Gasteiger partial charge is 0.465 e. The second kappa shape index (κ2) is 10.4. The summed E-state index contributed by atoms with van der Waals surface area (Å²) in [6, 6.07) is 21.5. The molecule has 8 nitrogen and oxygen atoms in total. The molecule has 0 aromatic heterocycles. The SMILES string of the molecule is COC(=O)c1ccc(N2C(=O)CC(N(Cc3ccc(F)cc3)S(=O)(=O)c3ccc4ccccc4c3)C2=O)cc1. The van der Waals surface area contributed by atoms with Crippen LogP contribution in [0.1, 0.15) is 22.3 Å². The zero-order chi connectivity index (χ0) is 27.7. The van der Waals surface area contributed by atoms with E-state index in [1.807, 2.05) is 12.1 Å². The van der Waals surface area contributed by atoms with E-state index >= 15 is 0 Å². The Hall–Kier alpha value is -4.41. The van der Waals surface area contributed by atoms with Gasteiger partial charge in [0.15, 0.2) is 0 Å². The monoisotopic (exact) mass is 546 g/mol. The minimum atomic E-state index is -4.29. The molecule has 1 aliphatic heterocycles. The molecule has 10 heteroatoms. The summed E-state index contributed by atoms with van der Waals surface area (Å²) in [7, 11) is -3.05. The molecule has 4 aromatic rings. The Morgan fingerprint density at radius 1 is 0.949 bits per heavy atom. The van der Waals surface area contributed by atoms with Gasteiger partial charge in [-0.15, -0.1) is 0 Å². The second-order valence-corrected chi connectivity index (χ2v) is 10.9. The number of imide groups is 1. The maximum atomic E-state index is 14.0. The van der Waals surface area contributed by atoms with Crippen LogP contribution in [0.25, 0.3) is 10.8 Å². The number of ether oxygens (including phenoxy) is 1. The molecule has 0 radical (unpaired) electrons. The number of carbonyl (C=O) groups excluding carboxylic acids is 3. The predicted octanol–water partition coefficient (Wildman–Crippen LogP) is 4.29. The van der Waals surface area contributed by atoms with E-state index in [4.69, 9.17) is 0 Å². The quantitative estimate of drug-likeness (QED) is 0.253. The third-order valence-electron chi connectivity index (χ3n) is 6.60. The zero-order valence-corrected chi connectivity index (χ0v) is 21.6. The van der Waals surface area contributed by atoms with Crippen molar-refractivity contribution in [3.05, 3.63) is 108 Å². The van der Waals surface area contributed by atoms with Crippen molar-refractivity contribution in [3.63, 3.8) is 0 Å². The molecule has 0 N–H and O–H groups in total. The van der Waals surface area contributed by atoms with E-state index in [0.29, 0.717) is 10.9 Å². The van der Waals surface area contributed by atoms with Crippen LogP contribution in [-0.2, 0) is 30.9 Å². The fourth-order valence-corrected chi connectivity index (χ4v) is 6.18. The highest BCUT2D eigenvalue weighted by Crippen LogP contribution is 2.32. The summed E-state index contributed by atoms with van der Waals surface area (Å²) < 4.78 is 47.2. The lowest BCUT2D eigenvalue weighted by Gasteiger charge is -2.27. The number of hydrogen-bond donors (Lipinski definition) is 0. The molecule has 0 aliphatic carbocycles. The molecule has 39 heavy (non-hydrogen) atoms. The Labute approximate surface area is 224 Å². The lowest BCUT2D eigenvalue weighted by molar-refractivity contribution is -0.122. The minimum Gasteiger partial charge on any atom is -0.465 e. The highest BCUT2D eigenvalue weighted by atomic mass is 32.2. The molecule has 1 saturated heterocycles. The number of fused-ring (bicyclic) bond motifs is 1. The first-order valence-corrected chi connectivity index (χ1v) is 13.4. The number of sulfonamides is 1. The van der Waals surface area contributed by atoms with Crippen molar-refractivity contribution in [2.75, 3.05) is 12.0 Å². The van der Waals surface area contributed by atoms with Gasteiger partial charge in [-0.2, -0.15) is 4.31 Å². The fraction of sp³-hybridized carbons (Fsp3) is 0.138. The topological polar surface area (TPSA) is 101 Å². The van der Waals surface area contributed by atoms with Gasteiger partial charge in [0.2, 0.25) is 15.9 Å². The molecule has 4 aromatic carbocycles. The molecule has 0 saturated carbocycles. The number of anilines is 1. The van der Waals surface area contributed by atoms with Gasteiger partial charge in [0.25, 0.3) is 5.91 Å². The Morgan fingerprint density at radius 2 is 1.62 bits per heavy atom. The lowest BCUT2D eigenvalue weighted by Crippen LogP contribution is -2.45. The Balaban J connectivity index is 1.54. The number of rotatable bonds is 7. The highest BCUT2D eigenvalue weighted by Gasteiger charge is 2.47. The fourth-order valence-electron chi connectivity index (χ4n) is 4.57. The summed E-state index contributed by atoms with van der Waals surface area (Å²) in [5.74, 6) is -2.38. The minimum absolute atomic E-state index is 0.0376. The maximum Gasteiger partial charge on any atom is 0.337 e. The van der Waals surface area contributed by atoms with Crippen molar-refractivity contribution in [3.8, 4) is 0 Å². The van der Waals surface area contributed by atoms with E-state index < -0.39 is 39.7 Å². The molecule has 1 atom stereocenters.